The molecule has 2 aromatic carbocycles. The van der Waals surface area contributed by atoms with E-state index in [9.17, 15) is 12.8 Å². The van der Waals surface area contributed by atoms with Gasteiger partial charge in [-0.3, -0.25) is 4.99 Å². The lowest BCUT2D eigenvalue weighted by Crippen LogP contribution is -2.36. The highest BCUT2D eigenvalue weighted by molar-refractivity contribution is 14.0. The summed E-state index contributed by atoms with van der Waals surface area (Å²) in [6.07, 6.45) is 1.16. The molecule has 0 aliphatic carbocycles. The minimum absolute atomic E-state index is 0. The van der Waals surface area contributed by atoms with Crippen molar-refractivity contribution >= 4 is 39.8 Å². The molecule has 154 valence electrons. The van der Waals surface area contributed by atoms with E-state index >= 15 is 0 Å². The van der Waals surface area contributed by atoms with Gasteiger partial charge in [-0.05, 0) is 48.2 Å². The Bertz CT molecular complexity index is 946. The third-order valence-electron chi connectivity index (χ3n) is 4.20. The average Bonchev–Trinajstić information content (AvgIpc) is 2.57. The number of guanidine groups is 1. The van der Waals surface area contributed by atoms with Crippen LogP contribution in [0.2, 0.25) is 0 Å². The van der Waals surface area contributed by atoms with E-state index in [4.69, 9.17) is 0 Å². The molecule has 0 heterocycles. The van der Waals surface area contributed by atoms with Gasteiger partial charge in [0.05, 0.1) is 5.75 Å². The molecular weight excluding hydrogens is 492 g/mol. The standard InChI is InChI=1S/C20H26FN3O2S.HI/c1-14-5-6-16(15(2)9-14)11-23-20(22-3)24-12-18-10-19(21)8-7-17(18)13-27(4,25)26;/h5-10H,11-13H2,1-4H3,(H2,22,23,24);1H. The molecular formula is C20H27FIN3O2S. The van der Waals surface area contributed by atoms with Crippen LogP contribution in [0.1, 0.15) is 27.8 Å². The van der Waals surface area contributed by atoms with Gasteiger partial charge >= 0.3 is 0 Å². The highest BCUT2D eigenvalue weighted by atomic mass is 127. The molecule has 0 aliphatic heterocycles. The molecule has 2 rings (SSSR count). The van der Waals surface area contributed by atoms with Crippen LogP contribution in [0.15, 0.2) is 41.4 Å². The molecule has 0 amide bonds. The Kier molecular flexibility index (Phi) is 9.35. The summed E-state index contributed by atoms with van der Waals surface area (Å²) in [5.41, 5.74) is 4.74. The first kappa shape index (κ1) is 24.4. The number of hydrogen-bond acceptors (Lipinski definition) is 3. The molecule has 2 aromatic rings. The molecule has 2 N–H and O–H groups in total. The van der Waals surface area contributed by atoms with Gasteiger partial charge in [-0.25, -0.2) is 12.8 Å². The minimum Gasteiger partial charge on any atom is -0.352 e. The van der Waals surface area contributed by atoms with Gasteiger partial charge in [-0.1, -0.05) is 29.8 Å². The minimum atomic E-state index is -3.21. The van der Waals surface area contributed by atoms with Crippen molar-refractivity contribution in [2.24, 2.45) is 4.99 Å². The zero-order valence-electron chi connectivity index (χ0n) is 16.5. The largest absolute Gasteiger partial charge is 0.352 e. The number of sulfone groups is 1. The Labute approximate surface area is 183 Å². The van der Waals surface area contributed by atoms with Crippen molar-refractivity contribution in [1.29, 1.82) is 0 Å². The van der Waals surface area contributed by atoms with Crippen LogP contribution in [0.5, 0.6) is 0 Å². The summed E-state index contributed by atoms with van der Waals surface area (Å²) in [5.74, 6) is 0.0330. The molecule has 0 saturated heterocycles. The molecule has 0 spiro atoms. The number of aliphatic imine (C=N–C) groups is 1. The van der Waals surface area contributed by atoms with Crippen LogP contribution in [0.3, 0.4) is 0 Å². The van der Waals surface area contributed by atoms with Gasteiger partial charge in [0.15, 0.2) is 15.8 Å². The summed E-state index contributed by atoms with van der Waals surface area (Å²) in [5, 5.41) is 6.34. The van der Waals surface area contributed by atoms with E-state index in [0.29, 0.717) is 23.6 Å². The number of benzene rings is 2. The number of hydrogen-bond donors (Lipinski definition) is 2. The van der Waals surface area contributed by atoms with Crippen molar-refractivity contribution in [3.63, 3.8) is 0 Å². The maximum Gasteiger partial charge on any atom is 0.191 e. The maximum absolute atomic E-state index is 13.6. The van der Waals surface area contributed by atoms with E-state index in [0.717, 1.165) is 11.8 Å². The van der Waals surface area contributed by atoms with Gasteiger partial charge in [0.1, 0.15) is 5.82 Å². The average molecular weight is 519 g/mol. The van der Waals surface area contributed by atoms with Crippen LogP contribution >= 0.6 is 24.0 Å². The monoisotopic (exact) mass is 519 g/mol. The topological polar surface area (TPSA) is 70.6 Å². The van der Waals surface area contributed by atoms with E-state index in [-0.39, 0.29) is 36.3 Å². The Morgan fingerprint density at radius 2 is 1.61 bits per heavy atom. The zero-order valence-corrected chi connectivity index (χ0v) is 19.7. The van der Waals surface area contributed by atoms with E-state index < -0.39 is 15.7 Å². The number of aryl methyl sites for hydroxylation is 2. The summed E-state index contributed by atoms with van der Waals surface area (Å²) in [6, 6.07) is 10.4. The summed E-state index contributed by atoms with van der Waals surface area (Å²) in [7, 11) is -1.55. The van der Waals surface area contributed by atoms with Gasteiger partial charge in [-0.2, -0.15) is 0 Å². The zero-order chi connectivity index (χ0) is 20.0. The number of rotatable bonds is 6. The molecule has 0 saturated carbocycles. The van der Waals surface area contributed by atoms with E-state index in [1.54, 1.807) is 7.05 Å². The van der Waals surface area contributed by atoms with Crippen molar-refractivity contribution < 1.29 is 12.8 Å². The Balaban J connectivity index is 0.00000392. The molecule has 0 unspecified atom stereocenters. The lowest BCUT2D eigenvalue weighted by atomic mass is 10.1. The summed E-state index contributed by atoms with van der Waals surface area (Å²) >= 11 is 0. The first-order valence-electron chi connectivity index (χ1n) is 8.63. The normalized spacial score (nSPS) is 11.7. The second-order valence-electron chi connectivity index (χ2n) is 6.69. The van der Waals surface area contributed by atoms with Crippen molar-refractivity contribution in [2.75, 3.05) is 13.3 Å². The van der Waals surface area contributed by atoms with Crippen molar-refractivity contribution in [3.05, 3.63) is 70.0 Å². The molecule has 0 atom stereocenters. The number of halogens is 2. The highest BCUT2D eigenvalue weighted by Gasteiger charge is 2.11. The predicted octanol–water partition coefficient (Wildman–Crippen LogP) is 3.47. The molecule has 0 aliphatic rings. The van der Waals surface area contributed by atoms with Crippen LogP contribution in [-0.2, 0) is 28.7 Å². The highest BCUT2D eigenvalue weighted by Crippen LogP contribution is 2.14. The third-order valence-corrected chi connectivity index (χ3v) is 5.04. The molecule has 8 heteroatoms. The Morgan fingerprint density at radius 1 is 1.00 bits per heavy atom. The van der Waals surface area contributed by atoms with Gasteiger partial charge in [0, 0.05) is 26.4 Å². The molecule has 0 bridgehead atoms. The van der Waals surface area contributed by atoms with Crippen LogP contribution in [-0.4, -0.2) is 27.7 Å². The van der Waals surface area contributed by atoms with Crippen molar-refractivity contribution in [2.45, 2.75) is 32.7 Å². The van der Waals surface area contributed by atoms with E-state index in [1.807, 2.05) is 0 Å². The van der Waals surface area contributed by atoms with Crippen molar-refractivity contribution in [1.82, 2.24) is 10.6 Å². The first-order chi connectivity index (χ1) is 12.7. The second kappa shape index (κ2) is 10.8. The summed E-state index contributed by atoms with van der Waals surface area (Å²) in [6.45, 7) is 4.99. The Hall–Kier alpha value is -1.68. The second-order valence-corrected chi connectivity index (χ2v) is 8.83. The smallest absolute Gasteiger partial charge is 0.191 e. The number of nitrogens with one attached hydrogen (secondary N) is 2. The molecule has 0 radical (unpaired) electrons. The lowest BCUT2D eigenvalue weighted by Gasteiger charge is -2.15. The third kappa shape index (κ3) is 7.75. The van der Waals surface area contributed by atoms with Gasteiger partial charge in [0.25, 0.3) is 0 Å². The van der Waals surface area contributed by atoms with Crippen LogP contribution in [0, 0.1) is 19.7 Å². The molecule has 0 fully saturated rings. The van der Waals surface area contributed by atoms with Crippen molar-refractivity contribution in [3.8, 4) is 0 Å². The Morgan fingerprint density at radius 3 is 2.18 bits per heavy atom. The molecule has 0 aromatic heterocycles. The van der Waals surface area contributed by atoms with E-state index in [2.05, 4.69) is 47.7 Å². The fourth-order valence-corrected chi connectivity index (χ4v) is 3.65. The van der Waals surface area contributed by atoms with Gasteiger partial charge in [0.2, 0.25) is 0 Å². The number of nitrogens with zero attached hydrogens (tertiary/aromatic N) is 1. The lowest BCUT2D eigenvalue weighted by molar-refractivity contribution is 0.599. The summed E-state index contributed by atoms with van der Waals surface area (Å²) < 4.78 is 36.8. The summed E-state index contributed by atoms with van der Waals surface area (Å²) in [4.78, 5) is 4.17. The fourth-order valence-electron chi connectivity index (χ4n) is 2.80. The maximum atomic E-state index is 13.6. The SMILES string of the molecule is CN=C(NCc1ccc(C)cc1C)NCc1cc(F)ccc1CS(C)(=O)=O.I. The molecule has 28 heavy (non-hydrogen) atoms. The quantitative estimate of drug-likeness (QED) is 0.349. The van der Waals surface area contributed by atoms with E-state index in [1.165, 1.54) is 29.3 Å². The first-order valence-corrected chi connectivity index (χ1v) is 10.7. The molecule has 5 nitrogen and oxygen atoms in total. The van der Waals surface area contributed by atoms with Crippen LogP contribution < -0.4 is 10.6 Å². The van der Waals surface area contributed by atoms with Gasteiger partial charge < -0.3 is 10.6 Å². The van der Waals surface area contributed by atoms with Crippen LogP contribution in [0.4, 0.5) is 4.39 Å². The van der Waals surface area contributed by atoms with Crippen LogP contribution in [0.25, 0.3) is 0 Å². The predicted molar refractivity (Wildman–Crippen MR) is 123 cm³/mol. The van der Waals surface area contributed by atoms with Gasteiger partial charge in [-0.15, -0.1) is 24.0 Å². The fraction of sp³-hybridized carbons (Fsp3) is 0.350.